The zero-order valence-electron chi connectivity index (χ0n) is 15.3. The predicted molar refractivity (Wildman–Crippen MR) is 96.6 cm³/mol. The maximum absolute atomic E-state index is 12.6. The summed E-state index contributed by atoms with van der Waals surface area (Å²) in [4.78, 5) is 23.5. The Morgan fingerprint density at radius 3 is 2.32 bits per heavy atom. The molecule has 0 radical (unpaired) electrons. The van der Waals surface area contributed by atoms with Crippen molar-refractivity contribution in [1.82, 2.24) is 14.9 Å². The zero-order valence-corrected chi connectivity index (χ0v) is 16.1. The first-order chi connectivity index (χ1) is 12.1. The highest BCUT2D eigenvalue weighted by Crippen LogP contribution is 2.26. The number of hydrogen-bond donors (Lipinski definition) is 0. The van der Waals surface area contributed by atoms with Gasteiger partial charge in [-0.25, -0.2) is 9.97 Å². The number of hydrogen-bond acceptors (Lipinski definition) is 6. The summed E-state index contributed by atoms with van der Waals surface area (Å²) in [6, 6.07) is 0. The molecule has 1 amide bonds. The number of aryl methyl sites for hydroxylation is 2. The molecule has 3 rings (SSSR count). The number of carbonyl (C=O) groups is 1. The Kier molecular flexibility index (Phi) is 6.30. The number of ether oxygens (including phenoxy) is 2. The van der Waals surface area contributed by atoms with Crippen molar-refractivity contribution in [1.29, 1.82) is 0 Å². The van der Waals surface area contributed by atoms with E-state index in [9.17, 15) is 4.79 Å². The molecule has 1 aromatic rings. The molecule has 138 valence electrons. The Morgan fingerprint density at radius 2 is 1.76 bits per heavy atom. The van der Waals surface area contributed by atoms with E-state index < -0.39 is 0 Å². The van der Waals surface area contributed by atoms with E-state index in [0.717, 1.165) is 48.0 Å². The average molecular weight is 365 g/mol. The summed E-state index contributed by atoms with van der Waals surface area (Å²) in [5, 5.41) is 0.795. The van der Waals surface area contributed by atoms with Crippen molar-refractivity contribution in [3.8, 4) is 0 Å². The van der Waals surface area contributed by atoms with Gasteiger partial charge in [0, 0.05) is 36.8 Å². The molecule has 2 aliphatic rings. The van der Waals surface area contributed by atoms with Gasteiger partial charge in [0.2, 0.25) is 5.91 Å². The number of likely N-dealkylation sites (tertiary alicyclic amines) is 1. The summed E-state index contributed by atoms with van der Waals surface area (Å²) in [6.07, 6.45) is 5.06. The molecule has 0 aromatic carbocycles. The molecule has 0 aliphatic carbocycles. The van der Waals surface area contributed by atoms with Crippen LogP contribution in [0.15, 0.2) is 5.16 Å². The zero-order chi connectivity index (χ0) is 17.8. The fraction of sp³-hybridized carbons (Fsp3) is 0.722. The second kappa shape index (κ2) is 8.47. The third-order valence-corrected chi connectivity index (χ3v) is 5.64. The highest BCUT2D eigenvalue weighted by molar-refractivity contribution is 7.98. The molecule has 0 spiro atoms. The summed E-state index contributed by atoms with van der Waals surface area (Å²) in [5.74, 6) is 0.642. The summed E-state index contributed by atoms with van der Waals surface area (Å²) in [5.41, 5.74) is 3.08. The van der Waals surface area contributed by atoms with Crippen molar-refractivity contribution in [2.24, 2.45) is 5.92 Å². The van der Waals surface area contributed by atoms with Crippen LogP contribution < -0.4 is 0 Å². The molecule has 6 nitrogen and oxygen atoms in total. The van der Waals surface area contributed by atoms with E-state index in [-0.39, 0.29) is 12.2 Å². The van der Waals surface area contributed by atoms with Crippen LogP contribution in [0.3, 0.4) is 0 Å². The van der Waals surface area contributed by atoms with E-state index in [1.165, 1.54) is 0 Å². The second-order valence-corrected chi connectivity index (χ2v) is 7.46. The highest BCUT2D eigenvalue weighted by Gasteiger charge is 2.31. The van der Waals surface area contributed by atoms with Crippen LogP contribution in [0, 0.1) is 19.8 Å². The van der Waals surface area contributed by atoms with Gasteiger partial charge in [0.25, 0.3) is 0 Å². The first-order valence-electron chi connectivity index (χ1n) is 8.97. The molecule has 0 N–H and O–H groups in total. The number of thioether (sulfide) groups is 1. The molecule has 25 heavy (non-hydrogen) atoms. The lowest BCUT2D eigenvalue weighted by atomic mass is 9.95. The number of piperidine rings is 1. The average Bonchev–Trinajstić information content (AvgIpc) is 3.15. The molecule has 0 saturated carbocycles. The first kappa shape index (κ1) is 18.6. The fourth-order valence-electron chi connectivity index (χ4n) is 3.62. The van der Waals surface area contributed by atoms with Gasteiger partial charge in [-0.05, 0) is 44.9 Å². The van der Waals surface area contributed by atoms with Gasteiger partial charge in [-0.2, -0.15) is 0 Å². The molecule has 2 fully saturated rings. The van der Waals surface area contributed by atoms with Gasteiger partial charge >= 0.3 is 0 Å². The number of rotatable bonds is 5. The Labute approximate surface area is 153 Å². The third-order valence-electron chi connectivity index (χ3n) is 5.10. The molecule has 3 heterocycles. The smallest absolute Gasteiger partial charge is 0.222 e. The minimum atomic E-state index is -0.0605. The fourth-order valence-corrected chi connectivity index (χ4v) is 4.08. The summed E-state index contributed by atoms with van der Waals surface area (Å²) in [7, 11) is 0. The highest BCUT2D eigenvalue weighted by atomic mass is 32.2. The molecule has 0 bridgehead atoms. The lowest BCUT2D eigenvalue weighted by Gasteiger charge is -2.34. The van der Waals surface area contributed by atoms with Gasteiger partial charge in [-0.3, -0.25) is 4.79 Å². The van der Waals surface area contributed by atoms with Crippen LogP contribution in [-0.2, 0) is 20.7 Å². The van der Waals surface area contributed by atoms with Crippen molar-refractivity contribution < 1.29 is 14.3 Å². The lowest BCUT2D eigenvalue weighted by Crippen LogP contribution is -2.41. The van der Waals surface area contributed by atoms with Crippen LogP contribution in [0.4, 0.5) is 0 Å². The van der Waals surface area contributed by atoms with E-state index in [1.54, 1.807) is 11.8 Å². The van der Waals surface area contributed by atoms with Gasteiger partial charge in [-0.1, -0.05) is 11.8 Å². The normalized spacial score (nSPS) is 19.6. The van der Waals surface area contributed by atoms with Crippen LogP contribution >= 0.6 is 11.8 Å². The molecule has 2 saturated heterocycles. The predicted octanol–water partition coefficient (Wildman–Crippen LogP) is 2.36. The SMILES string of the molecule is CSc1nc(C)c(CCC(=O)N2CCC(C3OCCO3)CC2)c(C)n1. The third kappa shape index (κ3) is 4.51. The molecule has 1 aromatic heterocycles. The van der Waals surface area contributed by atoms with Crippen LogP contribution in [-0.4, -0.2) is 59.6 Å². The standard InChI is InChI=1S/C18H27N3O3S/c1-12-15(13(2)20-18(19-12)25-3)4-5-16(22)21-8-6-14(7-9-21)17-23-10-11-24-17/h14,17H,4-11H2,1-3H3. The van der Waals surface area contributed by atoms with E-state index in [4.69, 9.17) is 9.47 Å². The molecule has 2 aliphatic heterocycles. The van der Waals surface area contributed by atoms with Gasteiger partial charge in [-0.15, -0.1) is 0 Å². The number of aromatic nitrogens is 2. The van der Waals surface area contributed by atoms with Gasteiger partial charge in [0.15, 0.2) is 11.4 Å². The molecule has 0 atom stereocenters. The minimum Gasteiger partial charge on any atom is -0.350 e. The van der Waals surface area contributed by atoms with Gasteiger partial charge < -0.3 is 14.4 Å². The quantitative estimate of drug-likeness (QED) is 0.590. The summed E-state index contributed by atoms with van der Waals surface area (Å²) < 4.78 is 11.2. The topological polar surface area (TPSA) is 64.6 Å². The summed E-state index contributed by atoms with van der Waals surface area (Å²) >= 11 is 1.55. The Bertz CT molecular complexity index is 589. The van der Waals surface area contributed by atoms with E-state index in [2.05, 4.69) is 9.97 Å². The first-order valence-corrected chi connectivity index (χ1v) is 10.2. The van der Waals surface area contributed by atoms with Crippen molar-refractivity contribution in [3.63, 3.8) is 0 Å². The van der Waals surface area contributed by atoms with Crippen LogP contribution in [0.1, 0.15) is 36.2 Å². The van der Waals surface area contributed by atoms with Crippen molar-refractivity contribution in [2.45, 2.75) is 51.0 Å². The van der Waals surface area contributed by atoms with Crippen LogP contribution in [0.2, 0.25) is 0 Å². The lowest BCUT2D eigenvalue weighted by molar-refractivity contribution is -0.136. The maximum Gasteiger partial charge on any atom is 0.222 e. The Balaban J connectivity index is 1.50. The largest absolute Gasteiger partial charge is 0.350 e. The van der Waals surface area contributed by atoms with Crippen LogP contribution in [0.25, 0.3) is 0 Å². The molecule has 7 heteroatoms. The monoisotopic (exact) mass is 365 g/mol. The van der Waals surface area contributed by atoms with E-state index >= 15 is 0 Å². The van der Waals surface area contributed by atoms with E-state index in [0.29, 0.717) is 32.0 Å². The van der Waals surface area contributed by atoms with Gasteiger partial charge in [0.05, 0.1) is 13.2 Å². The van der Waals surface area contributed by atoms with Crippen molar-refractivity contribution in [3.05, 3.63) is 17.0 Å². The van der Waals surface area contributed by atoms with Crippen molar-refractivity contribution in [2.75, 3.05) is 32.6 Å². The van der Waals surface area contributed by atoms with Crippen molar-refractivity contribution >= 4 is 17.7 Å². The minimum absolute atomic E-state index is 0.0605. The summed E-state index contributed by atoms with van der Waals surface area (Å²) in [6.45, 7) is 6.99. The molecular weight excluding hydrogens is 338 g/mol. The number of amides is 1. The maximum atomic E-state index is 12.6. The number of carbonyl (C=O) groups excluding carboxylic acids is 1. The van der Waals surface area contributed by atoms with E-state index in [1.807, 2.05) is 25.0 Å². The van der Waals surface area contributed by atoms with Crippen LogP contribution in [0.5, 0.6) is 0 Å². The Morgan fingerprint density at radius 1 is 1.16 bits per heavy atom. The molecule has 0 unspecified atom stereocenters. The Hall–Kier alpha value is -1.18. The second-order valence-electron chi connectivity index (χ2n) is 6.69. The van der Waals surface area contributed by atoms with Gasteiger partial charge in [0.1, 0.15) is 0 Å². The molecular formula is C18H27N3O3S. The number of nitrogens with zero attached hydrogens (tertiary/aromatic N) is 3.